The van der Waals surface area contributed by atoms with Crippen LogP contribution in [0.4, 0.5) is 0 Å². The summed E-state index contributed by atoms with van der Waals surface area (Å²) in [5.74, 6) is 1.25. The Morgan fingerprint density at radius 2 is 2.12 bits per heavy atom. The summed E-state index contributed by atoms with van der Waals surface area (Å²) in [6, 6.07) is 9.75. The zero-order chi connectivity index (χ0) is 17.2. The second-order valence-corrected chi connectivity index (χ2v) is 7.84. The molecule has 2 aliphatic rings. The molecule has 0 aliphatic carbocycles. The van der Waals surface area contributed by atoms with Gasteiger partial charge in [0.1, 0.15) is 5.75 Å². The minimum atomic E-state index is -0.404. The molecule has 0 bridgehead atoms. The van der Waals surface area contributed by atoms with Gasteiger partial charge in [-0.1, -0.05) is 6.07 Å². The number of aliphatic hydroxyl groups is 1. The molecule has 0 saturated carbocycles. The van der Waals surface area contributed by atoms with Crippen molar-refractivity contribution in [2.45, 2.75) is 31.8 Å². The molecule has 25 heavy (non-hydrogen) atoms. The number of rotatable bonds is 3. The highest BCUT2D eigenvalue weighted by Gasteiger charge is 2.29. The zero-order valence-corrected chi connectivity index (χ0v) is 15.0. The van der Waals surface area contributed by atoms with E-state index in [-0.39, 0.29) is 11.8 Å². The highest BCUT2D eigenvalue weighted by atomic mass is 32.1. The van der Waals surface area contributed by atoms with Gasteiger partial charge in [0.05, 0.1) is 12.7 Å². The van der Waals surface area contributed by atoms with Crippen LogP contribution in [0.5, 0.6) is 5.75 Å². The highest BCUT2D eigenvalue weighted by molar-refractivity contribution is 7.10. The van der Waals surface area contributed by atoms with E-state index in [2.05, 4.69) is 0 Å². The van der Waals surface area contributed by atoms with Crippen LogP contribution < -0.4 is 4.74 Å². The van der Waals surface area contributed by atoms with Gasteiger partial charge in [-0.05, 0) is 66.8 Å². The van der Waals surface area contributed by atoms with Crippen molar-refractivity contribution in [3.63, 3.8) is 0 Å². The van der Waals surface area contributed by atoms with Crippen LogP contribution in [-0.4, -0.2) is 35.6 Å². The number of amides is 1. The quantitative estimate of drug-likeness (QED) is 0.912. The monoisotopic (exact) mass is 357 g/mol. The molecule has 1 saturated heterocycles. The van der Waals surface area contributed by atoms with Gasteiger partial charge in [0, 0.05) is 23.5 Å². The standard InChI is InChI=1S/C20H23NO3S/c22-19(18-4-2-12-25-18)14-7-9-21(10-8-14)20(23)16-5-6-17-15(13-16)3-1-11-24-17/h2,4-6,12-14,19,22H,1,3,7-11H2/t19-/m1/s1. The molecule has 132 valence electrons. The Bertz CT molecular complexity index is 735. The van der Waals surface area contributed by atoms with Gasteiger partial charge in [0.25, 0.3) is 5.91 Å². The van der Waals surface area contributed by atoms with E-state index >= 15 is 0 Å². The number of hydrogen-bond acceptors (Lipinski definition) is 4. The van der Waals surface area contributed by atoms with E-state index in [0.29, 0.717) is 13.1 Å². The predicted octanol–water partition coefficient (Wildman–Crippen LogP) is 3.66. The molecular formula is C20H23NO3S. The number of benzene rings is 1. The Morgan fingerprint density at radius 1 is 1.28 bits per heavy atom. The molecule has 4 nitrogen and oxygen atoms in total. The maximum Gasteiger partial charge on any atom is 0.253 e. The van der Waals surface area contributed by atoms with Crippen LogP contribution in [0.1, 0.15) is 46.2 Å². The van der Waals surface area contributed by atoms with E-state index in [1.54, 1.807) is 11.3 Å². The van der Waals surface area contributed by atoms with Crippen molar-refractivity contribution in [1.82, 2.24) is 4.90 Å². The molecule has 0 unspecified atom stereocenters. The first-order chi connectivity index (χ1) is 12.2. The molecule has 4 rings (SSSR count). The smallest absolute Gasteiger partial charge is 0.253 e. The van der Waals surface area contributed by atoms with E-state index in [1.807, 2.05) is 40.6 Å². The number of fused-ring (bicyclic) bond motifs is 1. The summed E-state index contributed by atoms with van der Waals surface area (Å²) in [6.45, 7) is 2.18. The number of carbonyl (C=O) groups excluding carboxylic acids is 1. The van der Waals surface area contributed by atoms with Crippen LogP contribution >= 0.6 is 11.3 Å². The third kappa shape index (κ3) is 3.44. The molecule has 2 aromatic rings. The van der Waals surface area contributed by atoms with Crippen LogP contribution in [0.3, 0.4) is 0 Å². The number of hydrogen-bond donors (Lipinski definition) is 1. The minimum Gasteiger partial charge on any atom is -0.493 e. The molecule has 5 heteroatoms. The summed E-state index contributed by atoms with van der Waals surface area (Å²) < 4.78 is 5.63. The molecule has 1 amide bonds. The van der Waals surface area contributed by atoms with Crippen molar-refractivity contribution in [3.05, 3.63) is 51.7 Å². The molecule has 1 N–H and O–H groups in total. The van der Waals surface area contributed by atoms with Crippen LogP contribution in [0.2, 0.25) is 0 Å². The second-order valence-electron chi connectivity index (χ2n) is 6.86. The lowest BCUT2D eigenvalue weighted by atomic mass is 9.90. The third-order valence-electron chi connectivity index (χ3n) is 5.26. The lowest BCUT2D eigenvalue weighted by molar-refractivity contribution is 0.0474. The maximum atomic E-state index is 12.8. The number of likely N-dealkylation sites (tertiary alicyclic amines) is 1. The molecule has 2 aliphatic heterocycles. The average molecular weight is 357 g/mol. The third-order valence-corrected chi connectivity index (χ3v) is 6.21. The van der Waals surface area contributed by atoms with Crippen molar-refractivity contribution in [3.8, 4) is 5.75 Å². The number of aliphatic hydroxyl groups excluding tert-OH is 1. The van der Waals surface area contributed by atoms with E-state index in [4.69, 9.17) is 4.74 Å². The van der Waals surface area contributed by atoms with Crippen LogP contribution in [-0.2, 0) is 6.42 Å². The lowest BCUT2D eigenvalue weighted by Gasteiger charge is -2.34. The molecule has 1 aromatic carbocycles. The minimum absolute atomic E-state index is 0.0948. The van der Waals surface area contributed by atoms with Gasteiger partial charge in [0.2, 0.25) is 0 Å². The number of ether oxygens (including phenoxy) is 1. The molecule has 0 spiro atoms. The summed E-state index contributed by atoms with van der Waals surface area (Å²) in [7, 11) is 0. The molecule has 0 radical (unpaired) electrons. The fourth-order valence-electron chi connectivity index (χ4n) is 3.79. The fraction of sp³-hybridized carbons (Fsp3) is 0.450. The summed E-state index contributed by atoms with van der Waals surface area (Å²) >= 11 is 1.60. The summed E-state index contributed by atoms with van der Waals surface area (Å²) in [6.07, 6.45) is 3.28. The van der Waals surface area contributed by atoms with Gasteiger partial charge >= 0.3 is 0 Å². The topological polar surface area (TPSA) is 49.8 Å². The first-order valence-corrected chi connectivity index (χ1v) is 9.87. The largest absolute Gasteiger partial charge is 0.493 e. The molecule has 1 atom stereocenters. The second kappa shape index (κ2) is 7.18. The van der Waals surface area contributed by atoms with Gasteiger partial charge in [0.15, 0.2) is 0 Å². The van der Waals surface area contributed by atoms with Crippen LogP contribution in [0.25, 0.3) is 0 Å². The molecular weight excluding hydrogens is 334 g/mol. The van der Waals surface area contributed by atoms with Gasteiger partial charge in [-0.2, -0.15) is 0 Å². The average Bonchev–Trinajstić information content (AvgIpc) is 3.21. The first-order valence-electron chi connectivity index (χ1n) is 8.99. The van der Waals surface area contributed by atoms with Gasteiger partial charge in [-0.15, -0.1) is 11.3 Å². The van der Waals surface area contributed by atoms with Crippen molar-refractivity contribution >= 4 is 17.2 Å². The van der Waals surface area contributed by atoms with E-state index < -0.39 is 6.10 Å². The number of aryl methyl sites for hydroxylation is 1. The van der Waals surface area contributed by atoms with E-state index in [0.717, 1.165) is 54.0 Å². The summed E-state index contributed by atoms with van der Waals surface area (Å²) in [5.41, 5.74) is 1.89. The first kappa shape index (κ1) is 16.6. The Kier molecular flexibility index (Phi) is 4.77. The Labute approximate surface area is 152 Å². The lowest BCUT2D eigenvalue weighted by Crippen LogP contribution is -2.39. The number of thiophene rings is 1. The predicted molar refractivity (Wildman–Crippen MR) is 98.2 cm³/mol. The van der Waals surface area contributed by atoms with Crippen molar-refractivity contribution < 1.29 is 14.6 Å². The Hall–Kier alpha value is -1.85. The van der Waals surface area contributed by atoms with Crippen LogP contribution in [0.15, 0.2) is 35.7 Å². The van der Waals surface area contributed by atoms with Gasteiger partial charge in [-0.25, -0.2) is 0 Å². The molecule has 1 aromatic heterocycles. The number of carbonyl (C=O) groups is 1. The SMILES string of the molecule is O=C(c1ccc2c(c1)CCCO2)N1CCC([C@@H](O)c2cccs2)CC1. The zero-order valence-electron chi connectivity index (χ0n) is 14.2. The Morgan fingerprint density at radius 3 is 2.88 bits per heavy atom. The fourth-order valence-corrected chi connectivity index (χ4v) is 4.59. The van der Waals surface area contributed by atoms with Crippen molar-refractivity contribution in [2.24, 2.45) is 5.92 Å². The van der Waals surface area contributed by atoms with Crippen molar-refractivity contribution in [1.29, 1.82) is 0 Å². The number of piperidine rings is 1. The highest BCUT2D eigenvalue weighted by Crippen LogP contribution is 2.33. The Balaban J connectivity index is 1.39. The van der Waals surface area contributed by atoms with Crippen molar-refractivity contribution in [2.75, 3.05) is 19.7 Å². The maximum absolute atomic E-state index is 12.8. The van der Waals surface area contributed by atoms with E-state index in [1.165, 1.54) is 0 Å². The number of nitrogens with zero attached hydrogens (tertiary/aromatic N) is 1. The normalized spacial score (nSPS) is 19.2. The summed E-state index contributed by atoms with van der Waals surface area (Å²) in [4.78, 5) is 15.8. The van der Waals surface area contributed by atoms with Crippen LogP contribution in [0, 0.1) is 5.92 Å². The van der Waals surface area contributed by atoms with Gasteiger partial charge in [-0.3, -0.25) is 4.79 Å². The van der Waals surface area contributed by atoms with Gasteiger partial charge < -0.3 is 14.7 Å². The molecule has 3 heterocycles. The molecule has 1 fully saturated rings. The van der Waals surface area contributed by atoms with E-state index in [9.17, 15) is 9.90 Å². The summed E-state index contributed by atoms with van der Waals surface area (Å²) in [5, 5.41) is 12.5.